The molecule has 2 heterocycles. The van der Waals surface area contributed by atoms with Crippen molar-refractivity contribution in [2.75, 3.05) is 0 Å². The second-order valence-electron chi connectivity index (χ2n) is 5.11. The molecule has 0 fully saturated rings. The van der Waals surface area contributed by atoms with Gasteiger partial charge < -0.3 is 10.3 Å². The molecule has 0 bridgehead atoms. The molecule has 8 heteroatoms. The summed E-state index contributed by atoms with van der Waals surface area (Å²) in [5.74, 6) is -1.72. The van der Waals surface area contributed by atoms with Crippen LogP contribution in [0.3, 0.4) is 0 Å². The van der Waals surface area contributed by atoms with E-state index in [1.54, 1.807) is 6.92 Å². The minimum Gasteiger partial charge on any atom is -0.615 e. The number of carbonyl (C=O) groups is 1. The summed E-state index contributed by atoms with van der Waals surface area (Å²) in [6, 6.07) is 3.82. The number of carboxylic acids is 1. The van der Waals surface area contributed by atoms with Crippen LogP contribution < -0.4 is 0 Å². The van der Waals surface area contributed by atoms with Crippen LogP contribution in [0.25, 0.3) is 0 Å². The molecule has 118 valence electrons. The first-order chi connectivity index (χ1) is 10.8. The highest BCUT2D eigenvalue weighted by molar-refractivity contribution is 6.31. The fourth-order valence-corrected chi connectivity index (χ4v) is 2.74. The number of amidine groups is 1. The lowest BCUT2D eigenvalue weighted by Crippen LogP contribution is -2.46. The first kappa shape index (κ1) is 15.5. The minimum absolute atomic E-state index is 0.0195. The second-order valence-corrected chi connectivity index (χ2v) is 5.52. The highest BCUT2D eigenvalue weighted by Crippen LogP contribution is 2.39. The van der Waals surface area contributed by atoms with Gasteiger partial charge in [-0.3, -0.25) is 9.79 Å². The Morgan fingerprint density at radius 2 is 2.22 bits per heavy atom. The van der Waals surface area contributed by atoms with Crippen LogP contribution in [0.15, 0.2) is 51.5 Å². The van der Waals surface area contributed by atoms with Gasteiger partial charge in [-0.1, -0.05) is 11.6 Å². The summed E-state index contributed by atoms with van der Waals surface area (Å²) in [6.07, 6.45) is 2.10. The summed E-state index contributed by atoms with van der Waals surface area (Å²) in [4.78, 5) is 19.2. The number of benzene rings is 1. The maximum absolute atomic E-state index is 13.5. The number of hydrogen-bond acceptors (Lipinski definition) is 4. The molecule has 1 unspecified atom stereocenters. The first-order valence-corrected chi connectivity index (χ1v) is 7.02. The Labute approximate surface area is 135 Å². The average Bonchev–Trinajstić information content (AvgIpc) is 2.75. The zero-order valence-corrected chi connectivity index (χ0v) is 12.7. The maximum atomic E-state index is 13.5. The smallest absolute Gasteiger partial charge is 0.313 e. The fraction of sp³-hybridized carbons (Fsp3) is 0.133. The van der Waals surface area contributed by atoms with Gasteiger partial charge in [0.25, 0.3) is 0 Å². The number of aliphatic carboxylic acids is 1. The van der Waals surface area contributed by atoms with Crippen molar-refractivity contribution in [1.29, 1.82) is 0 Å². The Hall–Kier alpha value is -2.35. The van der Waals surface area contributed by atoms with Crippen molar-refractivity contribution < 1.29 is 18.9 Å². The van der Waals surface area contributed by atoms with Crippen LogP contribution in [-0.4, -0.2) is 27.8 Å². The van der Waals surface area contributed by atoms with Crippen molar-refractivity contribution in [2.45, 2.75) is 13.3 Å². The lowest BCUT2D eigenvalue weighted by atomic mass is 10.1. The van der Waals surface area contributed by atoms with Gasteiger partial charge in [0.1, 0.15) is 17.9 Å². The molecule has 6 nitrogen and oxygen atoms in total. The number of halogens is 2. The number of aliphatic imine (C=N–C) groups is 2. The normalized spacial score (nSPS) is 22.8. The molecule has 0 amide bonds. The van der Waals surface area contributed by atoms with Gasteiger partial charge >= 0.3 is 5.97 Å². The Bertz CT molecular complexity index is 844. The molecule has 1 aromatic carbocycles. The molecule has 0 saturated carbocycles. The molecule has 0 saturated heterocycles. The largest absolute Gasteiger partial charge is 0.615 e. The lowest BCUT2D eigenvalue weighted by molar-refractivity contribution is -0.696. The Balaban J connectivity index is 2.14. The van der Waals surface area contributed by atoms with Crippen LogP contribution in [0.4, 0.5) is 4.39 Å². The Morgan fingerprint density at radius 1 is 1.48 bits per heavy atom. The van der Waals surface area contributed by atoms with Crippen LogP contribution in [-0.2, 0) is 4.79 Å². The Morgan fingerprint density at radius 3 is 2.87 bits per heavy atom. The summed E-state index contributed by atoms with van der Waals surface area (Å²) in [7, 11) is 0. The van der Waals surface area contributed by atoms with Gasteiger partial charge in [0.05, 0.1) is 23.0 Å². The van der Waals surface area contributed by atoms with Crippen molar-refractivity contribution in [3.05, 3.63) is 63.1 Å². The molecule has 0 aliphatic carbocycles. The second kappa shape index (κ2) is 5.38. The van der Waals surface area contributed by atoms with E-state index in [2.05, 4.69) is 9.98 Å². The fourth-order valence-electron chi connectivity index (χ4n) is 2.56. The van der Waals surface area contributed by atoms with Gasteiger partial charge in [0, 0.05) is 0 Å². The molecule has 2 aliphatic heterocycles. The summed E-state index contributed by atoms with van der Waals surface area (Å²) in [5.41, 5.74) is 1.01. The molecule has 1 aromatic rings. The molecule has 23 heavy (non-hydrogen) atoms. The topological polar surface area (TPSA) is 85.1 Å². The summed E-state index contributed by atoms with van der Waals surface area (Å²) < 4.78 is 12.2. The zero-order chi connectivity index (χ0) is 16.8. The van der Waals surface area contributed by atoms with Crippen LogP contribution >= 0.6 is 11.6 Å². The predicted molar refractivity (Wildman–Crippen MR) is 83.1 cm³/mol. The van der Waals surface area contributed by atoms with Gasteiger partial charge in [0.15, 0.2) is 11.4 Å². The molecule has 0 aromatic heterocycles. The zero-order valence-electron chi connectivity index (χ0n) is 12.0. The predicted octanol–water partition coefficient (Wildman–Crippen LogP) is 3.19. The van der Waals surface area contributed by atoms with Crippen molar-refractivity contribution in [1.82, 2.24) is 0 Å². The van der Waals surface area contributed by atoms with E-state index in [-0.39, 0.29) is 22.3 Å². The maximum Gasteiger partial charge on any atom is 0.313 e. The van der Waals surface area contributed by atoms with E-state index < -0.39 is 22.9 Å². The molecule has 2 aliphatic rings. The summed E-state index contributed by atoms with van der Waals surface area (Å²) in [5, 5.41) is 22.4. The van der Waals surface area contributed by atoms with Crippen molar-refractivity contribution >= 4 is 29.6 Å². The lowest BCUT2D eigenvalue weighted by Gasteiger charge is -2.41. The molecule has 1 N–H and O–H groups in total. The number of carboxylic acid groups (broad SMARTS) is 1. The van der Waals surface area contributed by atoms with Gasteiger partial charge in [-0.05, 0) is 25.1 Å². The van der Waals surface area contributed by atoms with E-state index in [1.807, 2.05) is 0 Å². The van der Waals surface area contributed by atoms with Crippen LogP contribution in [0.1, 0.15) is 18.9 Å². The van der Waals surface area contributed by atoms with Crippen molar-refractivity contribution in [3.63, 3.8) is 0 Å². The molecule has 3 rings (SSSR count). The summed E-state index contributed by atoms with van der Waals surface area (Å²) >= 11 is 5.78. The Kier molecular flexibility index (Phi) is 3.63. The first-order valence-electron chi connectivity index (χ1n) is 6.65. The van der Waals surface area contributed by atoms with E-state index in [0.717, 1.165) is 6.07 Å². The highest BCUT2D eigenvalue weighted by Gasteiger charge is 2.43. The third-order valence-electron chi connectivity index (χ3n) is 3.62. The standard InChI is InChI=1S/C15H11ClFN3O3/c1-8-13-7-18-6-10(5-14(21)22)20(13,23)15(19-8)9-2-3-12(17)11(16)4-9/h2-4,6-7H,5H2,1H3,(H,21,22). The van der Waals surface area contributed by atoms with Crippen LogP contribution in [0.2, 0.25) is 5.02 Å². The number of fused-ring (bicyclic) bond motifs is 1. The van der Waals surface area contributed by atoms with Gasteiger partial charge in [-0.2, -0.15) is 4.99 Å². The monoisotopic (exact) mass is 335 g/mol. The molecular formula is C15H11ClFN3O3. The number of nitrogens with zero attached hydrogens (tertiary/aromatic N) is 3. The van der Waals surface area contributed by atoms with Crippen LogP contribution in [0.5, 0.6) is 0 Å². The van der Waals surface area contributed by atoms with Crippen molar-refractivity contribution in [3.8, 4) is 0 Å². The number of hydroxylamine groups is 3. The van der Waals surface area contributed by atoms with Crippen LogP contribution in [0, 0.1) is 11.0 Å². The average molecular weight is 336 g/mol. The summed E-state index contributed by atoms with van der Waals surface area (Å²) in [6.45, 7) is 1.63. The van der Waals surface area contributed by atoms with Gasteiger partial charge in [-0.25, -0.2) is 9.04 Å². The van der Waals surface area contributed by atoms with E-state index in [9.17, 15) is 14.4 Å². The highest BCUT2D eigenvalue weighted by atomic mass is 35.5. The van der Waals surface area contributed by atoms with Crippen molar-refractivity contribution in [2.24, 2.45) is 9.98 Å². The third-order valence-corrected chi connectivity index (χ3v) is 3.91. The molecule has 0 spiro atoms. The minimum atomic E-state index is -1.15. The van der Waals surface area contributed by atoms with E-state index >= 15 is 0 Å². The number of rotatable bonds is 3. The molecular weight excluding hydrogens is 325 g/mol. The quantitative estimate of drug-likeness (QED) is 0.680. The van der Waals surface area contributed by atoms with Gasteiger partial charge in [-0.15, -0.1) is 0 Å². The SMILES string of the molecule is CC1=C2C=NC=C(CC(=O)O)[N+]2([O-])C(c2ccc(F)c(Cl)c2)=N1. The number of hydrogen-bond donors (Lipinski definition) is 1. The third kappa shape index (κ3) is 2.39. The van der Waals surface area contributed by atoms with E-state index in [0.29, 0.717) is 11.3 Å². The van der Waals surface area contributed by atoms with Gasteiger partial charge in [0.2, 0.25) is 5.84 Å². The number of allylic oxidation sites excluding steroid dienone is 2. The molecule has 1 atom stereocenters. The van der Waals surface area contributed by atoms with E-state index in [1.165, 1.54) is 24.5 Å². The number of quaternary nitrogens is 1. The van der Waals surface area contributed by atoms with E-state index in [4.69, 9.17) is 16.7 Å². The molecule has 0 radical (unpaired) electrons.